The van der Waals surface area contributed by atoms with Crippen LogP contribution in [0.1, 0.15) is 48.8 Å². The number of nitrogens with zero attached hydrogens (tertiary/aromatic N) is 2. The fourth-order valence-electron chi connectivity index (χ4n) is 5.21. The van der Waals surface area contributed by atoms with Crippen LogP contribution in [0.2, 0.25) is 5.02 Å². The molecule has 2 aromatic carbocycles. The van der Waals surface area contributed by atoms with Gasteiger partial charge in [0.1, 0.15) is 10.6 Å². The lowest BCUT2D eigenvalue weighted by Crippen LogP contribution is -2.27. The SMILES string of the molecule is COc1ccc(C)c(-n2c(SCC(=O)Nc3ccc(C)c(Cl)c3)nc3sc4c(c3c2=O)CCC(C(C)(C)C)C4)c1. The van der Waals surface area contributed by atoms with Crippen molar-refractivity contribution < 1.29 is 9.53 Å². The summed E-state index contributed by atoms with van der Waals surface area (Å²) in [4.78, 5) is 34.2. The van der Waals surface area contributed by atoms with Crippen LogP contribution in [0.3, 0.4) is 0 Å². The number of halogens is 1. The summed E-state index contributed by atoms with van der Waals surface area (Å²) in [5.74, 6) is 1.09. The molecule has 4 aromatic rings. The quantitative estimate of drug-likeness (QED) is 0.183. The van der Waals surface area contributed by atoms with Gasteiger partial charge in [0.2, 0.25) is 5.91 Å². The highest BCUT2D eigenvalue weighted by molar-refractivity contribution is 7.99. The molecule has 1 amide bonds. The molecule has 0 saturated heterocycles. The van der Waals surface area contributed by atoms with Gasteiger partial charge in [-0.15, -0.1) is 11.3 Å². The standard InChI is InChI=1S/C31H34ClN3O3S2/c1-17-7-10-20(14-23(17)32)33-26(36)16-39-30-34-28-27(22-12-9-19(31(3,4)5)13-25(22)40-28)29(37)35(30)24-15-21(38-6)11-8-18(24)2/h7-8,10-11,14-15,19H,9,12-13,16H2,1-6H3,(H,33,36). The Labute approximate surface area is 248 Å². The highest BCUT2D eigenvalue weighted by atomic mass is 35.5. The Morgan fingerprint density at radius 2 is 1.95 bits per heavy atom. The third-order valence-electron chi connectivity index (χ3n) is 7.72. The average molecular weight is 596 g/mol. The van der Waals surface area contributed by atoms with Gasteiger partial charge in [0, 0.05) is 21.7 Å². The summed E-state index contributed by atoms with van der Waals surface area (Å²) in [7, 11) is 1.61. The van der Waals surface area contributed by atoms with Crippen molar-refractivity contribution in [2.45, 2.75) is 59.0 Å². The van der Waals surface area contributed by atoms with E-state index in [1.165, 1.54) is 16.6 Å². The Balaban J connectivity index is 1.56. The van der Waals surface area contributed by atoms with Gasteiger partial charge in [-0.2, -0.15) is 0 Å². The van der Waals surface area contributed by atoms with Crippen LogP contribution in [0.15, 0.2) is 46.3 Å². The molecule has 1 unspecified atom stereocenters. The van der Waals surface area contributed by atoms with Gasteiger partial charge in [0.25, 0.3) is 5.56 Å². The topological polar surface area (TPSA) is 73.2 Å². The van der Waals surface area contributed by atoms with Crippen LogP contribution < -0.4 is 15.6 Å². The molecule has 2 aromatic heterocycles. The zero-order valence-electron chi connectivity index (χ0n) is 23.7. The van der Waals surface area contributed by atoms with Crippen molar-refractivity contribution in [3.63, 3.8) is 0 Å². The Bertz CT molecular complexity index is 1670. The van der Waals surface area contributed by atoms with Gasteiger partial charge in [0.15, 0.2) is 5.16 Å². The molecule has 1 aliphatic rings. The molecule has 1 atom stereocenters. The molecule has 0 fully saturated rings. The van der Waals surface area contributed by atoms with Crippen molar-refractivity contribution in [1.29, 1.82) is 0 Å². The number of hydrogen-bond acceptors (Lipinski definition) is 6. The van der Waals surface area contributed by atoms with Crippen molar-refractivity contribution in [2.75, 3.05) is 18.2 Å². The first-order valence-corrected chi connectivity index (χ1v) is 15.6. The molecule has 0 saturated carbocycles. The molecule has 6 nitrogen and oxygen atoms in total. The second kappa shape index (κ2) is 11.2. The van der Waals surface area contributed by atoms with E-state index in [0.717, 1.165) is 40.8 Å². The number of nitrogens with one attached hydrogen (secondary N) is 1. The lowest BCUT2D eigenvalue weighted by molar-refractivity contribution is -0.113. The van der Waals surface area contributed by atoms with E-state index >= 15 is 0 Å². The van der Waals surface area contributed by atoms with Crippen molar-refractivity contribution in [3.05, 3.63) is 73.3 Å². The van der Waals surface area contributed by atoms with Gasteiger partial charge in [-0.3, -0.25) is 14.2 Å². The van der Waals surface area contributed by atoms with Crippen LogP contribution in [0.4, 0.5) is 5.69 Å². The first-order valence-electron chi connectivity index (χ1n) is 13.4. The van der Waals surface area contributed by atoms with Gasteiger partial charge in [0.05, 0.1) is 23.9 Å². The molecule has 210 valence electrons. The Kier molecular flexibility index (Phi) is 8.06. The van der Waals surface area contributed by atoms with Crippen LogP contribution in [0.25, 0.3) is 15.9 Å². The van der Waals surface area contributed by atoms with E-state index in [0.29, 0.717) is 38.6 Å². The first-order chi connectivity index (χ1) is 19.0. The van der Waals surface area contributed by atoms with Gasteiger partial charge in [-0.25, -0.2) is 4.98 Å². The number of ether oxygens (including phenoxy) is 1. The average Bonchev–Trinajstić information content (AvgIpc) is 3.28. The molecule has 2 heterocycles. The summed E-state index contributed by atoms with van der Waals surface area (Å²) in [6, 6.07) is 11.1. The minimum absolute atomic E-state index is 0.0870. The van der Waals surface area contributed by atoms with E-state index in [9.17, 15) is 9.59 Å². The summed E-state index contributed by atoms with van der Waals surface area (Å²) in [6.07, 6.45) is 2.89. The minimum atomic E-state index is -0.202. The van der Waals surface area contributed by atoms with E-state index in [2.05, 4.69) is 26.1 Å². The maximum Gasteiger partial charge on any atom is 0.267 e. The van der Waals surface area contributed by atoms with Crippen LogP contribution in [-0.2, 0) is 17.6 Å². The monoisotopic (exact) mass is 595 g/mol. The highest BCUT2D eigenvalue weighted by Gasteiger charge is 2.32. The number of thioether (sulfide) groups is 1. The normalized spacial score (nSPS) is 15.2. The molecule has 0 radical (unpaired) electrons. The number of aromatic nitrogens is 2. The molecule has 9 heteroatoms. The number of rotatable bonds is 6. The second-order valence-corrected chi connectivity index (χ2v) is 13.9. The summed E-state index contributed by atoms with van der Waals surface area (Å²) in [5.41, 5.74) is 4.44. The number of carbonyl (C=O) groups is 1. The lowest BCUT2D eigenvalue weighted by atomic mass is 9.72. The number of carbonyl (C=O) groups excluding carboxylic acids is 1. The molecule has 1 N–H and O–H groups in total. The van der Waals surface area contributed by atoms with Crippen molar-refractivity contribution in [1.82, 2.24) is 9.55 Å². The molecule has 0 aliphatic heterocycles. The first kappa shape index (κ1) is 28.7. The van der Waals surface area contributed by atoms with Crippen molar-refractivity contribution >= 4 is 56.5 Å². The Hall–Kier alpha value is -2.81. The van der Waals surface area contributed by atoms with Crippen LogP contribution in [0.5, 0.6) is 5.75 Å². The van der Waals surface area contributed by atoms with Crippen LogP contribution in [0, 0.1) is 25.2 Å². The summed E-state index contributed by atoms with van der Waals surface area (Å²) in [6.45, 7) is 10.7. The van der Waals surface area contributed by atoms with Gasteiger partial charge < -0.3 is 10.1 Å². The maximum absolute atomic E-state index is 14.3. The molecular weight excluding hydrogens is 562 g/mol. The van der Waals surface area contributed by atoms with Crippen molar-refractivity contribution in [3.8, 4) is 11.4 Å². The number of aryl methyl sites for hydroxylation is 3. The fraction of sp³-hybridized carbons (Fsp3) is 0.387. The van der Waals surface area contributed by atoms with Crippen LogP contribution in [-0.4, -0.2) is 28.3 Å². The molecule has 5 rings (SSSR count). The van der Waals surface area contributed by atoms with E-state index in [4.69, 9.17) is 21.3 Å². The maximum atomic E-state index is 14.3. The lowest BCUT2D eigenvalue weighted by Gasteiger charge is -2.33. The number of hydrogen-bond donors (Lipinski definition) is 1. The molecule has 0 bridgehead atoms. The molecular formula is C31H34ClN3O3S2. The molecule has 0 spiro atoms. The molecule has 40 heavy (non-hydrogen) atoms. The Morgan fingerprint density at radius 3 is 2.65 bits per heavy atom. The van der Waals surface area contributed by atoms with E-state index in [1.807, 2.05) is 44.2 Å². The van der Waals surface area contributed by atoms with Gasteiger partial charge >= 0.3 is 0 Å². The van der Waals surface area contributed by atoms with E-state index in [1.54, 1.807) is 29.1 Å². The summed E-state index contributed by atoms with van der Waals surface area (Å²) in [5, 5.41) is 4.69. The number of amides is 1. The highest BCUT2D eigenvalue weighted by Crippen LogP contribution is 2.42. The number of benzene rings is 2. The van der Waals surface area contributed by atoms with Gasteiger partial charge in [-0.1, -0.05) is 56.3 Å². The van der Waals surface area contributed by atoms with Crippen molar-refractivity contribution in [2.24, 2.45) is 11.3 Å². The predicted octanol–water partition coefficient (Wildman–Crippen LogP) is 7.61. The number of anilines is 1. The predicted molar refractivity (Wildman–Crippen MR) is 167 cm³/mol. The largest absolute Gasteiger partial charge is 0.497 e. The van der Waals surface area contributed by atoms with E-state index in [-0.39, 0.29) is 22.6 Å². The summed E-state index contributed by atoms with van der Waals surface area (Å²) >= 11 is 9.11. The molecule has 1 aliphatic carbocycles. The number of methoxy groups -OCH3 is 1. The number of thiophene rings is 1. The third kappa shape index (κ3) is 5.67. The number of fused-ring (bicyclic) bond motifs is 3. The van der Waals surface area contributed by atoms with E-state index < -0.39 is 0 Å². The minimum Gasteiger partial charge on any atom is -0.497 e. The second-order valence-electron chi connectivity index (χ2n) is 11.5. The zero-order chi connectivity index (χ0) is 28.8. The fourth-order valence-corrected chi connectivity index (χ4v) is 7.54. The Morgan fingerprint density at radius 1 is 1.20 bits per heavy atom. The third-order valence-corrected chi connectivity index (χ3v) is 10.2. The smallest absolute Gasteiger partial charge is 0.267 e. The summed E-state index contributed by atoms with van der Waals surface area (Å²) < 4.78 is 7.14. The van der Waals surface area contributed by atoms with Gasteiger partial charge in [-0.05, 0) is 79.3 Å². The van der Waals surface area contributed by atoms with Crippen LogP contribution >= 0.6 is 34.7 Å². The zero-order valence-corrected chi connectivity index (χ0v) is 26.1.